The van der Waals surface area contributed by atoms with Gasteiger partial charge in [0.2, 0.25) is 0 Å². The minimum atomic E-state index is -0.0903. The molecule has 0 N–H and O–H groups in total. The SMILES string of the molecule is CN1C(=O)/C(=C/c2cn(CCCOc3ccccc3Cl)c3ccccc23)N(C)C1=S. The molecule has 5 nitrogen and oxygen atoms in total. The van der Waals surface area contributed by atoms with Gasteiger partial charge in [-0.05, 0) is 42.9 Å². The van der Waals surface area contributed by atoms with Crippen molar-refractivity contribution >= 4 is 51.8 Å². The Labute approximate surface area is 186 Å². The van der Waals surface area contributed by atoms with Gasteiger partial charge in [-0.1, -0.05) is 41.9 Å². The molecular formula is C23H22ClN3O2S. The van der Waals surface area contributed by atoms with Gasteiger partial charge in [-0.3, -0.25) is 9.69 Å². The number of likely N-dealkylation sites (N-methyl/N-ethyl adjacent to an activating group) is 2. The second kappa shape index (κ2) is 8.50. The fraction of sp³-hybridized carbons (Fsp3) is 0.217. The number of carbonyl (C=O) groups excluding carboxylic acids is 1. The number of carbonyl (C=O) groups is 1. The summed E-state index contributed by atoms with van der Waals surface area (Å²) in [6.07, 6.45) is 4.82. The molecule has 30 heavy (non-hydrogen) atoms. The van der Waals surface area contributed by atoms with Crippen molar-refractivity contribution in [2.75, 3.05) is 20.7 Å². The molecule has 154 valence electrons. The van der Waals surface area contributed by atoms with Crippen LogP contribution < -0.4 is 4.74 Å². The number of nitrogens with zero attached hydrogens (tertiary/aromatic N) is 3. The van der Waals surface area contributed by atoms with E-state index in [0.717, 1.165) is 29.4 Å². The van der Waals surface area contributed by atoms with E-state index in [1.54, 1.807) is 11.9 Å². The third-order valence-corrected chi connectivity index (χ3v) is 6.07. The molecule has 1 fully saturated rings. The summed E-state index contributed by atoms with van der Waals surface area (Å²) >= 11 is 11.5. The van der Waals surface area contributed by atoms with Crippen LogP contribution in [0, 0.1) is 0 Å². The first-order valence-corrected chi connectivity index (χ1v) is 10.5. The quantitative estimate of drug-likeness (QED) is 0.314. The molecule has 1 saturated heterocycles. The lowest BCUT2D eigenvalue weighted by Gasteiger charge is -2.10. The van der Waals surface area contributed by atoms with Gasteiger partial charge in [0.25, 0.3) is 5.91 Å². The Kier molecular flexibility index (Phi) is 5.79. The summed E-state index contributed by atoms with van der Waals surface area (Å²) < 4.78 is 8.00. The smallest absolute Gasteiger partial charge is 0.276 e. The number of aryl methyl sites for hydroxylation is 1. The monoisotopic (exact) mass is 439 g/mol. The summed E-state index contributed by atoms with van der Waals surface area (Å²) in [5, 5.41) is 2.22. The molecule has 0 atom stereocenters. The Morgan fingerprint density at radius 3 is 2.53 bits per heavy atom. The van der Waals surface area contributed by atoms with E-state index >= 15 is 0 Å². The molecular weight excluding hydrogens is 418 g/mol. The van der Waals surface area contributed by atoms with Gasteiger partial charge >= 0.3 is 0 Å². The molecule has 2 aromatic carbocycles. The summed E-state index contributed by atoms with van der Waals surface area (Å²) in [4.78, 5) is 15.8. The van der Waals surface area contributed by atoms with Crippen molar-refractivity contribution in [3.63, 3.8) is 0 Å². The van der Waals surface area contributed by atoms with Crippen LogP contribution in [0.4, 0.5) is 0 Å². The number of ether oxygens (including phenoxy) is 1. The average Bonchev–Trinajstić information content (AvgIpc) is 3.19. The second-order valence-electron chi connectivity index (χ2n) is 7.16. The van der Waals surface area contributed by atoms with Crippen molar-refractivity contribution in [2.45, 2.75) is 13.0 Å². The molecule has 1 amide bonds. The minimum Gasteiger partial charge on any atom is -0.492 e. The van der Waals surface area contributed by atoms with Crippen LogP contribution in [-0.2, 0) is 11.3 Å². The first-order valence-electron chi connectivity index (χ1n) is 9.70. The number of amides is 1. The van der Waals surface area contributed by atoms with Crippen LogP contribution in [0.2, 0.25) is 5.02 Å². The van der Waals surface area contributed by atoms with Crippen LogP contribution in [0.1, 0.15) is 12.0 Å². The molecule has 0 saturated carbocycles. The Morgan fingerprint density at radius 1 is 1.07 bits per heavy atom. The van der Waals surface area contributed by atoms with E-state index in [-0.39, 0.29) is 5.91 Å². The van der Waals surface area contributed by atoms with E-state index in [4.69, 9.17) is 28.6 Å². The highest BCUT2D eigenvalue weighted by molar-refractivity contribution is 7.80. The van der Waals surface area contributed by atoms with Gasteiger partial charge in [-0.25, -0.2) is 0 Å². The number of thiocarbonyl (C=S) groups is 1. The van der Waals surface area contributed by atoms with Crippen molar-refractivity contribution in [2.24, 2.45) is 0 Å². The molecule has 0 bridgehead atoms. The van der Waals surface area contributed by atoms with Crippen LogP contribution in [-0.4, -0.2) is 46.1 Å². The zero-order valence-electron chi connectivity index (χ0n) is 16.8. The lowest BCUT2D eigenvalue weighted by atomic mass is 10.1. The number of para-hydroxylation sites is 2. The molecule has 0 aliphatic carbocycles. The number of fused-ring (bicyclic) bond motifs is 1. The second-order valence-corrected chi connectivity index (χ2v) is 7.94. The van der Waals surface area contributed by atoms with Crippen LogP contribution in [0.5, 0.6) is 5.75 Å². The maximum Gasteiger partial charge on any atom is 0.276 e. The highest BCUT2D eigenvalue weighted by Crippen LogP contribution is 2.27. The molecule has 0 unspecified atom stereocenters. The Bertz CT molecular complexity index is 1150. The normalized spacial score (nSPS) is 15.6. The molecule has 1 aromatic heterocycles. The number of halogens is 1. The summed E-state index contributed by atoms with van der Waals surface area (Å²) in [5.41, 5.74) is 2.68. The molecule has 0 radical (unpaired) electrons. The average molecular weight is 440 g/mol. The number of hydrogen-bond donors (Lipinski definition) is 0. The molecule has 2 heterocycles. The highest BCUT2D eigenvalue weighted by Gasteiger charge is 2.32. The number of aromatic nitrogens is 1. The van der Waals surface area contributed by atoms with E-state index in [9.17, 15) is 4.79 Å². The zero-order chi connectivity index (χ0) is 21.3. The van der Waals surface area contributed by atoms with E-state index < -0.39 is 0 Å². The topological polar surface area (TPSA) is 37.7 Å². The van der Waals surface area contributed by atoms with E-state index in [1.165, 1.54) is 4.90 Å². The van der Waals surface area contributed by atoms with Crippen LogP contribution >= 0.6 is 23.8 Å². The number of rotatable bonds is 6. The van der Waals surface area contributed by atoms with Gasteiger partial charge in [-0.2, -0.15) is 0 Å². The van der Waals surface area contributed by atoms with E-state index in [2.05, 4.69) is 22.9 Å². The first-order chi connectivity index (χ1) is 14.5. The van der Waals surface area contributed by atoms with Crippen LogP contribution in [0.25, 0.3) is 17.0 Å². The van der Waals surface area contributed by atoms with Crippen molar-refractivity contribution < 1.29 is 9.53 Å². The van der Waals surface area contributed by atoms with Crippen molar-refractivity contribution in [3.8, 4) is 5.75 Å². The van der Waals surface area contributed by atoms with E-state index in [0.29, 0.717) is 28.2 Å². The van der Waals surface area contributed by atoms with Gasteiger partial charge in [0.15, 0.2) is 5.11 Å². The number of benzene rings is 2. The number of hydrogen-bond acceptors (Lipinski definition) is 3. The Morgan fingerprint density at radius 2 is 1.80 bits per heavy atom. The molecule has 3 aromatic rings. The molecule has 4 rings (SSSR count). The third-order valence-electron chi connectivity index (χ3n) is 5.21. The van der Waals surface area contributed by atoms with Crippen LogP contribution in [0.3, 0.4) is 0 Å². The van der Waals surface area contributed by atoms with Gasteiger partial charge in [0.1, 0.15) is 11.4 Å². The predicted octanol–water partition coefficient (Wildman–Crippen LogP) is 4.79. The Hall–Kier alpha value is -2.83. The van der Waals surface area contributed by atoms with Gasteiger partial charge in [0, 0.05) is 43.3 Å². The van der Waals surface area contributed by atoms with Gasteiger partial charge < -0.3 is 14.2 Å². The largest absolute Gasteiger partial charge is 0.492 e. The third kappa shape index (κ3) is 3.80. The first kappa shape index (κ1) is 20.4. The summed E-state index contributed by atoms with van der Waals surface area (Å²) in [5.74, 6) is 0.609. The molecule has 7 heteroatoms. The fourth-order valence-electron chi connectivity index (χ4n) is 3.59. The maximum atomic E-state index is 12.5. The molecule has 1 aliphatic heterocycles. The fourth-order valence-corrected chi connectivity index (χ4v) is 3.96. The molecule has 1 aliphatic rings. The lowest BCUT2D eigenvalue weighted by Crippen LogP contribution is -2.26. The predicted molar refractivity (Wildman–Crippen MR) is 125 cm³/mol. The van der Waals surface area contributed by atoms with Gasteiger partial charge in [0.05, 0.1) is 11.6 Å². The zero-order valence-corrected chi connectivity index (χ0v) is 18.4. The standard InChI is InChI=1S/C23H22ClN3O2S/c1-25-20(22(28)26(2)23(25)30)14-16-15-27(19-10-5-3-8-17(16)19)12-7-13-29-21-11-6-4-9-18(21)24/h3-6,8-11,14-15H,7,12-13H2,1-2H3/b20-14-. The Balaban J connectivity index is 1.54. The highest BCUT2D eigenvalue weighted by atomic mass is 35.5. The van der Waals surface area contributed by atoms with Crippen molar-refractivity contribution in [1.29, 1.82) is 0 Å². The summed E-state index contributed by atoms with van der Waals surface area (Å²) in [6, 6.07) is 15.7. The van der Waals surface area contributed by atoms with Crippen LogP contribution in [0.15, 0.2) is 60.4 Å². The van der Waals surface area contributed by atoms with Crippen molar-refractivity contribution in [1.82, 2.24) is 14.4 Å². The minimum absolute atomic E-state index is 0.0903. The maximum absolute atomic E-state index is 12.5. The van der Waals surface area contributed by atoms with Crippen molar-refractivity contribution in [3.05, 3.63) is 71.0 Å². The van der Waals surface area contributed by atoms with E-state index in [1.807, 2.05) is 49.5 Å². The molecule has 0 spiro atoms. The lowest BCUT2D eigenvalue weighted by molar-refractivity contribution is -0.121. The van der Waals surface area contributed by atoms with Gasteiger partial charge in [-0.15, -0.1) is 0 Å². The summed E-state index contributed by atoms with van der Waals surface area (Å²) in [6.45, 7) is 1.35. The summed E-state index contributed by atoms with van der Waals surface area (Å²) in [7, 11) is 3.52.